The van der Waals surface area contributed by atoms with Crippen LogP contribution in [0.4, 0.5) is 0 Å². The monoisotopic (exact) mass is 444 g/mol. The van der Waals surface area contributed by atoms with Crippen LogP contribution in [-0.4, -0.2) is 43.1 Å². The standard InChI is InChI=1S/C23H25ClN2O3S/c1-14(12-16-6-9-18(24)10-7-16)26(3)23(27)21-15(2)25-22(30-21)17-8-11-19(28-4)20(13-17)29-5/h6-11,13-14H,12H2,1-5H3. The molecule has 0 saturated heterocycles. The van der Waals surface area contributed by atoms with Crippen molar-refractivity contribution in [2.45, 2.75) is 26.3 Å². The number of rotatable bonds is 7. The number of likely N-dealkylation sites (N-methyl/N-ethyl adjacent to an activating group) is 1. The summed E-state index contributed by atoms with van der Waals surface area (Å²) in [6.45, 7) is 3.91. The van der Waals surface area contributed by atoms with Gasteiger partial charge in [-0.25, -0.2) is 4.98 Å². The predicted octanol–water partition coefficient (Wildman–Crippen LogP) is 5.49. The Balaban J connectivity index is 1.80. The van der Waals surface area contributed by atoms with Gasteiger partial charge in [-0.1, -0.05) is 23.7 Å². The quantitative estimate of drug-likeness (QED) is 0.483. The van der Waals surface area contributed by atoms with Crippen molar-refractivity contribution in [2.75, 3.05) is 21.3 Å². The zero-order valence-corrected chi connectivity index (χ0v) is 19.3. The van der Waals surface area contributed by atoms with E-state index in [0.29, 0.717) is 21.4 Å². The van der Waals surface area contributed by atoms with Gasteiger partial charge in [-0.05, 0) is 56.2 Å². The van der Waals surface area contributed by atoms with Crippen molar-refractivity contribution < 1.29 is 14.3 Å². The normalized spacial score (nSPS) is 11.8. The number of amides is 1. The molecular formula is C23H25ClN2O3S. The second-order valence-electron chi connectivity index (χ2n) is 7.10. The largest absolute Gasteiger partial charge is 0.493 e. The minimum Gasteiger partial charge on any atom is -0.493 e. The molecule has 0 spiro atoms. The number of halogens is 1. The molecule has 7 heteroatoms. The zero-order chi connectivity index (χ0) is 21.8. The minimum atomic E-state index is -0.0295. The number of nitrogens with zero attached hydrogens (tertiary/aromatic N) is 2. The number of benzene rings is 2. The molecule has 0 aliphatic carbocycles. The van der Waals surface area contributed by atoms with Gasteiger partial charge in [0.05, 0.1) is 19.9 Å². The number of carbonyl (C=O) groups is 1. The van der Waals surface area contributed by atoms with E-state index in [1.54, 1.807) is 19.1 Å². The summed E-state index contributed by atoms with van der Waals surface area (Å²) in [4.78, 5) is 20.2. The van der Waals surface area contributed by atoms with E-state index >= 15 is 0 Å². The molecule has 0 saturated carbocycles. The van der Waals surface area contributed by atoms with Gasteiger partial charge < -0.3 is 14.4 Å². The zero-order valence-electron chi connectivity index (χ0n) is 17.7. The highest BCUT2D eigenvalue weighted by atomic mass is 35.5. The molecule has 1 unspecified atom stereocenters. The van der Waals surface area contributed by atoms with Gasteiger partial charge in [0.15, 0.2) is 11.5 Å². The number of thiazole rings is 1. The highest BCUT2D eigenvalue weighted by molar-refractivity contribution is 7.17. The number of aromatic nitrogens is 1. The Hall–Kier alpha value is -2.57. The van der Waals surface area contributed by atoms with Crippen molar-refractivity contribution in [1.82, 2.24) is 9.88 Å². The van der Waals surface area contributed by atoms with Crippen LogP contribution in [0.2, 0.25) is 5.02 Å². The van der Waals surface area contributed by atoms with Crippen molar-refractivity contribution in [2.24, 2.45) is 0 Å². The SMILES string of the molecule is COc1ccc(-c2nc(C)c(C(=O)N(C)C(C)Cc3ccc(Cl)cc3)s2)cc1OC. The van der Waals surface area contributed by atoms with Gasteiger partial charge in [0, 0.05) is 23.7 Å². The third kappa shape index (κ3) is 4.77. The van der Waals surface area contributed by atoms with Gasteiger partial charge in [0.25, 0.3) is 5.91 Å². The van der Waals surface area contributed by atoms with Gasteiger partial charge in [-0.2, -0.15) is 0 Å². The molecule has 158 valence electrons. The Labute approximate surface area is 186 Å². The van der Waals surface area contributed by atoms with E-state index in [-0.39, 0.29) is 11.9 Å². The third-order valence-electron chi connectivity index (χ3n) is 5.05. The van der Waals surface area contributed by atoms with Crippen molar-refractivity contribution >= 4 is 28.8 Å². The molecule has 3 rings (SSSR count). The van der Waals surface area contributed by atoms with E-state index in [2.05, 4.69) is 4.98 Å². The number of methoxy groups -OCH3 is 2. The summed E-state index contributed by atoms with van der Waals surface area (Å²) >= 11 is 7.35. The second kappa shape index (κ2) is 9.49. The first-order chi connectivity index (χ1) is 14.3. The molecule has 1 heterocycles. The lowest BCUT2D eigenvalue weighted by molar-refractivity contribution is 0.0747. The van der Waals surface area contributed by atoms with Crippen molar-refractivity contribution in [1.29, 1.82) is 0 Å². The number of aryl methyl sites for hydroxylation is 1. The summed E-state index contributed by atoms with van der Waals surface area (Å²) in [5.41, 5.74) is 2.75. The summed E-state index contributed by atoms with van der Waals surface area (Å²) in [6.07, 6.45) is 0.750. The van der Waals surface area contributed by atoms with E-state index in [1.165, 1.54) is 11.3 Å². The first kappa shape index (κ1) is 22.1. The van der Waals surface area contributed by atoms with Gasteiger partial charge in [-0.15, -0.1) is 11.3 Å². The molecule has 5 nitrogen and oxygen atoms in total. The predicted molar refractivity (Wildman–Crippen MR) is 122 cm³/mol. The van der Waals surface area contributed by atoms with Gasteiger partial charge in [0.1, 0.15) is 9.88 Å². The molecule has 3 aromatic rings. The number of hydrogen-bond donors (Lipinski definition) is 0. The van der Waals surface area contributed by atoms with Crippen LogP contribution in [0.1, 0.15) is 27.9 Å². The molecule has 0 aliphatic rings. The Morgan fingerprint density at radius 2 is 1.80 bits per heavy atom. The lowest BCUT2D eigenvalue weighted by Crippen LogP contribution is -2.36. The lowest BCUT2D eigenvalue weighted by Gasteiger charge is -2.24. The number of carbonyl (C=O) groups excluding carboxylic acids is 1. The Kier molecular flexibility index (Phi) is 7.00. The van der Waals surface area contributed by atoms with Crippen LogP contribution < -0.4 is 9.47 Å². The van der Waals surface area contributed by atoms with Crippen LogP contribution in [0, 0.1) is 6.92 Å². The first-order valence-corrected chi connectivity index (χ1v) is 10.7. The molecule has 0 radical (unpaired) electrons. The van der Waals surface area contributed by atoms with E-state index in [9.17, 15) is 4.79 Å². The average Bonchev–Trinajstić information content (AvgIpc) is 3.15. The van der Waals surface area contributed by atoms with E-state index < -0.39 is 0 Å². The molecular weight excluding hydrogens is 420 g/mol. The second-order valence-corrected chi connectivity index (χ2v) is 8.53. The fraction of sp³-hybridized carbons (Fsp3) is 0.304. The highest BCUT2D eigenvalue weighted by Gasteiger charge is 2.23. The van der Waals surface area contributed by atoms with Crippen molar-refractivity contribution in [3.63, 3.8) is 0 Å². The molecule has 0 N–H and O–H groups in total. The Morgan fingerprint density at radius 3 is 2.43 bits per heavy atom. The molecule has 30 heavy (non-hydrogen) atoms. The van der Waals surface area contributed by atoms with E-state index in [0.717, 1.165) is 28.2 Å². The molecule has 1 atom stereocenters. The third-order valence-corrected chi connectivity index (χ3v) is 6.49. The maximum Gasteiger partial charge on any atom is 0.265 e. The highest BCUT2D eigenvalue weighted by Crippen LogP contribution is 2.35. The summed E-state index contributed by atoms with van der Waals surface area (Å²) in [7, 11) is 5.03. The van der Waals surface area contributed by atoms with Gasteiger partial charge in [0.2, 0.25) is 0 Å². The Morgan fingerprint density at radius 1 is 1.13 bits per heavy atom. The molecule has 1 amide bonds. The first-order valence-electron chi connectivity index (χ1n) is 9.55. The fourth-order valence-corrected chi connectivity index (χ4v) is 4.32. The summed E-state index contributed by atoms with van der Waals surface area (Å²) in [5.74, 6) is 1.25. The average molecular weight is 445 g/mol. The summed E-state index contributed by atoms with van der Waals surface area (Å²) in [5, 5.41) is 1.48. The lowest BCUT2D eigenvalue weighted by atomic mass is 10.1. The molecule has 0 fully saturated rings. The van der Waals surface area contributed by atoms with Crippen LogP contribution in [0.15, 0.2) is 42.5 Å². The van der Waals surface area contributed by atoms with Crippen LogP contribution >= 0.6 is 22.9 Å². The van der Waals surface area contributed by atoms with Crippen LogP contribution in [-0.2, 0) is 6.42 Å². The number of ether oxygens (including phenoxy) is 2. The summed E-state index contributed by atoms with van der Waals surface area (Å²) in [6, 6.07) is 13.4. The topological polar surface area (TPSA) is 51.7 Å². The van der Waals surface area contributed by atoms with Gasteiger partial charge in [-0.3, -0.25) is 4.79 Å². The number of hydrogen-bond acceptors (Lipinski definition) is 5. The van der Waals surface area contributed by atoms with Crippen LogP contribution in [0.5, 0.6) is 11.5 Å². The molecule has 1 aromatic heterocycles. The van der Waals surface area contributed by atoms with E-state index in [1.807, 2.05) is 63.4 Å². The van der Waals surface area contributed by atoms with E-state index in [4.69, 9.17) is 21.1 Å². The van der Waals surface area contributed by atoms with Crippen LogP contribution in [0.3, 0.4) is 0 Å². The van der Waals surface area contributed by atoms with Crippen molar-refractivity contribution in [3.05, 3.63) is 63.6 Å². The molecule has 0 aliphatic heterocycles. The summed E-state index contributed by atoms with van der Waals surface area (Å²) < 4.78 is 10.7. The maximum absolute atomic E-state index is 13.2. The molecule has 0 bridgehead atoms. The minimum absolute atomic E-state index is 0.0295. The Bertz CT molecular complexity index is 1030. The molecule has 2 aromatic carbocycles. The maximum atomic E-state index is 13.2. The smallest absolute Gasteiger partial charge is 0.265 e. The van der Waals surface area contributed by atoms with Crippen LogP contribution in [0.25, 0.3) is 10.6 Å². The van der Waals surface area contributed by atoms with Gasteiger partial charge >= 0.3 is 0 Å². The van der Waals surface area contributed by atoms with Crippen molar-refractivity contribution in [3.8, 4) is 22.1 Å². The fourth-order valence-electron chi connectivity index (χ4n) is 3.15.